The molecule has 5 nitrogen and oxygen atoms in total. The summed E-state index contributed by atoms with van der Waals surface area (Å²) in [5.74, 6) is 0.522. The van der Waals surface area contributed by atoms with Crippen molar-refractivity contribution in [3.8, 4) is 17.6 Å². The summed E-state index contributed by atoms with van der Waals surface area (Å²) in [6.07, 6.45) is 1.50. The number of nitrogens with one attached hydrogen (secondary N) is 1. The number of benzene rings is 3. The first-order chi connectivity index (χ1) is 15.0. The van der Waals surface area contributed by atoms with Crippen LogP contribution in [-0.2, 0) is 11.4 Å². The van der Waals surface area contributed by atoms with Crippen LogP contribution < -0.4 is 14.8 Å². The van der Waals surface area contributed by atoms with Crippen LogP contribution in [0.1, 0.15) is 11.1 Å². The zero-order chi connectivity index (χ0) is 22.2. The van der Waals surface area contributed by atoms with Crippen molar-refractivity contribution in [2.24, 2.45) is 0 Å². The van der Waals surface area contributed by atoms with E-state index in [1.54, 1.807) is 24.3 Å². The number of ether oxygens (including phenoxy) is 2. The molecule has 156 valence electrons. The minimum absolute atomic E-state index is 0.0392. The third-order valence-corrected chi connectivity index (χ3v) is 5.56. The van der Waals surface area contributed by atoms with Crippen LogP contribution >= 0.6 is 31.9 Å². The number of anilines is 1. The number of hydrogen-bond acceptors (Lipinski definition) is 4. The number of nitrogens with zero attached hydrogens (tertiary/aromatic N) is 1. The summed E-state index contributed by atoms with van der Waals surface area (Å²) in [5.41, 5.74) is 2.19. The van der Waals surface area contributed by atoms with Crippen molar-refractivity contribution < 1.29 is 14.3 Å². The number of hydrogen-bond donors (Lipinski definition) is 1. The molecule has 3 aromatic rings. The van der Waals surface area contributed by atoms with Gasteiger partial charge < -0.3 is 14.8 Å². The smallest absolute Gasteiger partial charge is 0.266 e. The van der Waals surface area contributed by atoms with E-state index in [9.17, 15) is 10.1 Å². The lowest BCUT2D eigenvalue weighted by molar-refractivity contribution is -0.112. The van der Waals surface area contributed by atoms with E-state index < -0.39 is 5.91 Å². The van der Waals surface area contributed by atoms with Gasteiger partial charge in [0, 0.05) is 4.47 Å². The molecule has 31 heavy (non-hydrogen) atoms. The van der Waals surface area contributed by atoms with Gasteiger partial charge in [-0.05, 0) is 73.3 Å². The first-order valence-corrected chi connectivity index (χ1v) is 10.8. The second kappa shape index (κ2) is 10.8. The highest BCUT2D eigenvalue weighted by Gasteiger charge is 2.15. The summed E-state index contributed by atoms with van der Waals surface area (Å²) in [5, 5.41) is 12.2. The van der Waals surface area contributed by atoms with E-state index in [4.69, 9.17) is 9.47 Å². The van der Waals surface area contributed by atoms with Crippen LogP contribution in [0.25, 0.3) is 6.08 Å². The Labute approximate surface area is 197 Å². The second-order valence-corrected chi connectivity index (χ2v) is 8.12. The molecule has 7 heteroatoms. The lowest BCUT2D eigenvalue weighted by atomic mass is 10.1. The van der Waals surface area contributed by atoms with E-state index in [0.29, 0.717) is 33.8 Å². The van der Waals surface area contributed by atoms with Gasteiger partial charge in [0.2, 0.25) is 0 Å². The molecular formula is C24H18Br2N2O3. The minimum Gasteiger partial charge on any atom is -0.493 e. The van der Waals surface area contributed by atoms with E-state index in [0.717, 1.165) is 10.0 Å². The molecule has 0 saturated carbocycles. The molecule has 0 heterocycles. The van der Waals surface area contributed by atoms with Gasteiger partial charge in [0.25, 0.3) is 5.91 Å². The van der Waals surface area contributed by atoms with Crippen LogP contribution in [0.4, 0.5) is 5.69 Å². The van der Waals surface area contributed by atoms with Gasteiger partial charge in [0.15, 0.2) is 11.5 Å². The minimum atomic E-state index is -0.506. The lowest BCUT2D eigenvalue weighted by Crippen LogP contribution is -2.13. The zero-order valence-corrected chi connectivity index (χ0v) is 19.7. The Balaban J connectivity index is 1.83. The van der Waals surface area contributed by atoms with Crippen molar-refractivity contribution in [2.45, 2.75) is 6.61 Å². The molecule has 0 unspecified atom stereocenters. The largest absolute Gasteiger partial charge is 0.493 e. The summed E-state index contributed by atoms with van der Waals surface area (Å²) in [6, 6.07) is 22.4. The van der Waals surface area contributed by atoms with Gasteiger partial charge in [-0.15, -0.1) is 0 Å². The van der Waals surface area contributed by atoms with Crippen molar-refractivity contribution >= 4 is 49.5 Å². The topological polar surface area (TPSA) is 71.3 Å². The standard InChI is InChI=1S/C24H18Br2N2O3/c1-30-22-13-17(12-20(26)23(22)31-15-16-7-3-2-4-8-16)11-18(14-27)24(29)28-21-10-6-5-9-19(21)25/h2-13H,15H2,1H3,(H,28,29)/b18-11+. The Hall–Kier alpha value is -3.08. The third kappa shape index (κ3) is 5.97. The highest BCUT2D eigenvalue weighted by atomic mass is 79.9. The molecule has 0 radical (unpaired) electrons. The number of methoxy groups -OCH3 is 1. The Morgan fingerprint density at radius 1 is 1.06 bits per heavy atom. The van der Waals surface area contributed by atoms with Crippen molar-refractivity contribution in [3.63, 3.8) is 0 Å². The molecule has 0 spiro atoms. The van der Waals surface area contributed by atoms with Crippen molar-refractivity contribution in [1.82, 2.24) is 0 Å². The normalized spacial score (nSPS) is 10.8. The number of amides is 1. The monoisotopic (exact) mass is 540 g/mol. The van der Waals surface area contributed by atoms with Crippen molar-refractivity contribution in [1.29, 1.82) is 5.26 Å². The Kier molecular flexibility index (Phi) is 7.88. The Bertz CT molecular complexity index is 1160. The fourth-order valence-electron chi connectivity index (χ4n) is 2.76. The summed E-state index contributed by atoms with van der Waals surface area (Å²) >= 11 is 6.88. The van der Waals surface area contributed by atoms with Crippen LogP contribution in [0.5, 0.6) is 11.5 Å². The highest BCUT2D eigenvalue weighted by molar-refractivity contribution is 9.11. The van der Waals surface area contributed by atoms with E-state index >= 15 is 0 Å². The van der Waals surface area contributed by atoms with Crippen molar-refractivity contribution in [3.05, 3.63) is 92.4 Å². The maximum absolute atomic E-state index is 12.6. The van der Waals surface area contributed by atoms with Crippen molar-refractivity contribution in [2.75, 3.05) is 12.4 Å². The summed E-state index contributed by atoms with van der Waals surface area (Å²) < 4.78 is 12.8. The maximum Gasteiger partial charge on any atom is 0.266 e. The number of rotatable bonds is 7. The number of carbonyl (C=O) groups is 1. The molecule has 0 atom stereocenters. The molecule has 0 aromatic heterocycles. The first kappa shape index (κ1) is 22.6. The SMILES string of the molecule is COc1cc(/C=C(\C#N)C(=O)Nc2ccccc2Br)cc(Br)c1OCc1ccccc1. The quantitative estimate of drug-likeness (QED) is 0.279. The number of carbonyl (C=O) groups excluding carboxylic acids is 1. The average molecular weight is 542 g/mol. The molecule has 3 rings (SSSR count). The predicted octanol–water partition coefficient (Wildman–Crippen LogP) is 6.34. The van der Waals surface area contributed by atoms with E-state index in [1.807, 2.05) is 48.5 Å². The van der Waals surface area contributed by atoms with Gasteiger partial charge in [0.05, 0.1) is 17.3 Å². The molecule has 0 aliphatic rings. The third-order valence-electron chi connectivity index (χ3n) is 4.28. The van der Waals surface area contributed by atoms with Gasteiger partial charge in [-0.3, -0.25) is 4.79 Å². The molecule has 3 aromatic carbocycles. The maximum atomic E-state index is 12.6. The van der Waals surface area contributed by atoms with Crippen LogP contribution in [0.3, 0.4) is 0 Å². The molecule has 1 amide bonds. The molecule has 0 aliphatic carbocycles. The Morgan fingerprint density at radius 2 is 1.77 bits per heavy atom. The molecule has 1 N–H and O–H groups in total. The first-order valence-electron chi connectivity index (χ1n) is 9.23. The van der Waals surface area contributed by atoms with Crippen LogP contribution in [0.15, 0.2) is 81.2 Å². The zero-order valence-electron chi connectivity index (χ0n) is 16.6. The lowest BCUT2D eigenvalue weighted by Gasteiger charge is -2.14. The van der Waals surface area contributed by atoms with Gasteiger partial charge in [-0.1, -0.05) is 42.5 Å². The second-order valence-electron chi connectivity index (χ2n) is 6.41. The molecular weight excluding hydrogens is 524 g/mol. The highest BCUT2D eigenvalue weighted by Crippen LogP contribution is 2.38. The van der Waals surface area contributed by atoms with Crippen LogP contribution in [0, 0.1) is 11.3 Å². The van der Waals surface area contributed by atoms with Gasteiger partial charge in [-0.25, -0.2) is 0 Å². The summed E-state index contributed by atoms with van der Waals surface area (Å²) in [7, 11) is 1.54. The van der Waals surface area contributed by atoms with Crippen LogP contribution in [-0.4, -0.2) is 13.0 Å². The van der Waals surface area contributed by atoms with E-state index in [1.165, 1.54) is 13.2 Å². The van der Waals surface area contributed by atoms with Gasteiger partial charge in [0.1, 0.15) is 18.2 Å². The molecule has 0 aliphatic heterocycles. The molecule has 0 fully saturated rings. The summed E-state index contributed by atoms with van der Waals surface area (Å²) in [4.78, 5) is 12.6. The van der Waals surface area contributed by atoms with E-state index in [-0.39, 0.29) is 5.57 Å². The fraction of sp³-hybridized carbons (Fsp3) is 0.0833. The van der Waals surface area contributed by atoms with Gasteiger partial charge in [-0.2, -0.15) is 5.26 Å². The molecule has 0 bridgehead atoms. The number of halogens is 2. The predicted molar refractivity (Wildman–Crippen MR) is 128 cm³/mol. The van der Waals surface area contributed by atoms with Crippen LogP contribution in [0.2, 0.25) is 0 Å². The van der Waals surface area contributed by atoms with E-state index in [2.05, 4.69) is 37.2 Å². The summed E-state index contributed by atoms with van der Waals surface area (Å²) in [6.45, 7) is 0.378. The molecule has 0 saturated heterocycles. The number of nitriles is 1. The fourth-order valence-corrected chi connectivity index (χ4v) is 3.72. The number of para-hydroxylation sites is 1. The van der Waals surface area contributed by atoms with Gasteiger partial charge >= 0.3 is 0 Å². The average Bonchev–Trinajstić information content (AvgIpc) is 2.78. The Morgan fingerprint density at radius 3 is 2.45 bits per heavy atom.